The lowest BCUT2D eigenvalue weighted by Crippen LogP contribution is -2.47. The Hall–Kier alpha value is -3.47. The summed E-state index contributed by atoms with van der Waals surface area (Å²) < 4.78 is 5.44. The molecule has 3 fully saturated rings. The number of piperidine rings is 1. The molecule has 10 heteroatoms. The number of aliphatic hydroxyl groups is 1. The number of ether oxygens (including phenoxy) is 1. The van der Waals surface area contributed by atoms with Crippen molar-refractivity contribution < 1.29 is 14.6 Å². The van der Waals surface area contributed by atoms with Gasteiger partial charge >= 0.3 is 6.03 Å². The number of aromatic nitrogens is 2. The highest BCUT2D eigenvalue weighted by molar-refractivity contribution is 5.89. The summed E-state index contributed by atoms with van der Waals surface area (Å²) in [5, 5.41) is 13.4. The molecule has 0 atom stereocenters. The van der Waals surface area contributed by atoms with Crippen LogP contribution in [0.25, 0.3) is 10.9 Å². The fraction of sp³-hybridized carbons (Fsp3) is 0.500. The van der Waals surface area contributed by atoms with Gasteiger partial charge in [-0.1, -0.05) is 0 Å². The van der Waals surface area contributed by atoms with Gasteiger partial charge in [-0.05, 0) is 55.3 Å². The van der Waals surface area contributed by atoms with Crippen LogP contribution < -0.4 is 15.1 Å². The van der Waals surface area contributed by atoms with Crippen LogP contribution in [-0.4, -0.2) is 110 Å². The Labute approximate surface area is 235 Å². The molecule has 3 aliphatic rings. The first-order chi connectivity index (χ1) is 19.7. The molecule has 0 spiro atoms. The number of carbonyl (C=O) groups is 1. The number of carbonyl (C=O) groups excluding carboxylic acids is 1. The third-order valence-electron chi connectivity index (χ3n) is 8.47. The Kier molecular flexibility index (Phi) is 8.27. The number of amides is 2. The van der Waals surface area contributed by atoms with Crippen LogP contribution in [0, 0.1) is 0 Å². The second-order valence-corrected chi connectivity index (χ2v) is 10.9. The molecule has 3 saturated heterocycles. The van der Waals surface area contributed by atoms with E-state index in [2.05, 4.69) is 55.3 Å². The summed E-state index contributed by atoms with van der Waals surface area (Å²) in [7, 11) is 0. The van der Waals surface area contributed by atoms with Gasteiger partial charge in [0, 0.05) is 87.3 Å². The fourth-order valence-electron chi connectivity index (χ4n) is 6.10. The summed E-state index contributed by atoms with van der Waals surface area (Å²) in [5.74, 6) is 0.301. The van der Waals surface area contributed by atoms with Crippen molar-refractivity contribution in [3.8, 4) is 0 Å². The fourth-order valence-corrected chi connectivity index (χ4v) is 6.10. The molecule has 0 aliphatic carbocycles. The van der Waals surface area contributed by atoms with Gasteiger partial charge < -0.3 is 29.9 Å². The van der Waals surface area contributed by atoms with E-state index in [0.29, 0.717) is 19.0 Å². The number of β-amino-alcohol motifs (C(OH)–C–C–N with tert-alkyl or cyclic N) is 1. The first-order valence-corrected chi connectivity index (χ1v) is 14.5. The number of nitrogens with one attached hydrogen (secondary N) is 1. The van der Waals surface area contributed by atoms with Crippen LogP contribution in [0.4, 0.5) is 21.9 Å². The van der Waals surface area contributed by atoms with Crippen LogP contribution in [-0.2, 0) is 4.74 Å². The van der Waals surface area contributed by atoms with Crippen molar-refractivity contribution in [3.63, 3.8) is 0 Å². The molecular weight excluding hydrogens is 506 g/mol. The lowest BCUT2D eigenvalue weighted by Gasteiger charge is -2.36. The average Bonchev–Trinajstić information content (AvgIpc) is 3.02. The number of piperazine rings is 1. The minimum absolute atomic E-state index is 0.0474. The molecule has 6 rings (SSSR count). The molecule has 3 aliphatic heterocycles. The van der Waals surface area contributed by atoms with Crippen molar-refractivity contribution in [1.82, 2.24) is 19.8 Å². The van der Waals surface area contributed by atoms with Gasteiger partial charge in [0.15, 0.2) is 0 Å². The van der Waals surface area contributed by atoms with Gasteiger partial charge in [-0.15, -0.1) is 0 Å². The number of hydrogen-bond acceptors (Lipinski definition) is 8. The molecular formula is C30H39N7O3. The Morgan fingerprint density at radius 1 is 0.875 bits per heavy atom. The topological polar surface area (TPSA) is 97.3 Å². The molecule has 2 N–H and O–H groups in total. The van der Waals surface area contributed by atoms with Crippen molar-refractivity contribution in [3.05, 3.63) is 54.5 Å². The maximum absolute atomic E-state index is 13.0. The Morgan fingerprint density at radius 3 is 2.30 bits per heavy atom. The van der Waals surface area contributed by atoms with E-state index in [1.165, 1.54) is 5.69 Å². The number of morpholine rings is 1. The minimum Gasteiger partial charge on any atom is -0.395 e. The van der Waals surface area contributed by atoms with Crippen LogP contribution in [0.15, 0.2) is 48.8 Å². The standard InChI is InChI=1S/C30H39N7O3/c38-18-15-34-11-13-35(14-12-34)26-5-6-27-28(21-26)31-22-32-29(27)23-7-9-37(10-8-23)30(39)33-24-1-3-25(4-2-24)36-16-19-40-20-17-36/h1-6,21-23,38H,7-20H2,(H,33,39). The Bertz CT molecular complexity index is 1280. The Balaban J connectivity index is 1.05. The second-order valence-electron chi connectivity index (χ2n) is 10.9. The van der Waals surface area contributed by atoms with Crippen LogP contribution >= 0.6 is 0 Å². The van der Waals surface area contributed by atoms with Gasteiger partial charge in [-0.25, -0.2) is 14.8 Å². The van der Waals surface area contributed by atoms with E-state index < -0.39 is 0 Å². The number of fused-ring (bicyclic) bond motifs is 1. The highest BCUT2D eigenvalue weighted by atomic mass is 16.5. The van der Waals surface area contributed by atoms with Gasteiger partial charge in [-0.3, -0.25) is 4.90 Å². The number of benzene rings is 2. The van der Waals surface area contributed by atoms with E-state index in [9.17, 15) is 9.90 Å². The summed E-state index contributed by atoms with van der Waals surface area (Å²) in [6.07, 6.45) is 3.44. The Morgan fingerprint density at radius 2 is 1.57 bits per heavy atom. The molecule has 10 nitrogen and oxygen atoms in total. The summed E-state index contributed by atoms with van der Waals surface area (Å²) >= 11 is 0. The number of aliphatic hydroxyl groups excluding tert-OH is 1. The predicted molar refractivity (Wildman–Crippen MR) is 157 cm³/mol. The van der Waals surface area contributed by atoms with Crippen LogP contribution in [0.5, 0.6) is 0 Å². The van der Waals surface area contributed by atoms with Crippen molar-refractivity contribution in [2.45, 2.75) is 18.8 Å². The first kappa shape index (κ1) is 26.7. The first-order valence-electron chi connectivity index (χ1n) is 14.5. The average molecular weight is 546 g/mol. The SMILES string of the molecule is O=C(Nc1ccc(N2CCOCC2)cc1)N1CCC(c2ncnc3cc(N4CCN(CCO)CC4)ccc23)CC1. The second kappa shape index (κ2) is 12.4. The van der Waals surface area contributed by atoms with E-state index in [4.69, 9.17) is 9.72 Å². The van der Waals surface area contributed by atoms with Gasteiger partial charge in [-0.2, -0.15) is 0 Å². The molecule has 0 saturated carbocycles. The molecule has 0 bridgehead atoms. The molecule has 40 heavy (non-hydrogen) atoms. The minimum atomic E-state index is -0.0474. The largest absolute Gasteiger partial charge is 0.395 e. The molecule has 4 heterocycles. The van der Waals surface area contributed by atoms with Crippen molar-refractivity contribution in [2.24, 2.45) is 0 Å². The van der Waals surface area contributed by atoms with E-state index in [0.717, 1.165) is 99.8 Å². The van der Waals surface area contributed by atoms with Crippen LogP contribution in [0.2, 0.25) is 0 Å². The maximum atomic E-state index is 13.0. The normalized spacial score (nSPS) is 19.3. The summed E-state index contributed by atoms with van der Waals surface area (Å²) in [6, 6.07) is 14.6. The highest BCUT2D eigenvalue weighted by Gasteiger charge is 2.26. The van der Waals surface area contributed by atoms with Gasteiger partial charge in [0.05, 0.1) is 31.0 Å². The van der Waals surface area contributed by atoms with E-state index in [-0.39, 0.29) is 12.6 Å². The number of urea groups is 1. The van der Waals surface area contributed by atoms with Gasteiger partial charge in [0.2, 0.25) is 0 Å². The number of anilines is 3. The van der Waals surface area contributed by atoms with Gasteiger partial charge in [0.25, 0.3) is 0 Å². The molecule has 3 aromatic rings. The van der Waals surface area contributed by atoms with Gasteiger partial charge in [0.1, 0.15) is 6.33 Å². The predicted octanol–water partition coefficient (Wildman–Crippen LogP) is 2.99. The molecule has 2 amide bonds. The van der Waals surface area contributed by atoms with Crippen molar-refractivity contribution in [1.29, 1.82) is 0 Å². The number of nitrogens with zero attached hydrogens (tertiary/aromatic N) is 6. The maximum Gasteiger partial charge on any atom is 0.321 e. The third kappa shape index (κ3) is 5.99. The van der Waals surface area contributed by atoms with Crippen molar-refractivity contribution in [2.75, 3.05) is 93.8 Å². The lowest BCUT2D eigenvalue weighted by molar-refractivity contribution is 0.122. The van der Waals surface area contributed by atoms with E-state index in [1.807, 2.05) is 17.0 Å². The van der Waals surface area contributed by atoms with E-state index in [1.54, 1.807) is 6.33 Å². The zero-order chi connectivity index (χ0) is 27.3. The zero-order valence-corrected chi connectivity index (χ0v) is 23.0. The van der Waals surface area contributed by atoms with Crippen LogP contribution in [0.3, 0.4) is 0 Å². The zero-order valence-electron chi connectivity index (χ0n) is 23.0. The molecule has 2 aromatic carbocycles. The lowest BCUT2D eigenvalue weighted by atomic mass is 9.91. The molecule has 212 valence electrons. The number of likely N-dealkylation sites (tertiary alicyclic amines) is 1. The molecule has 1 aromatic heterocycles. The third-order valence-corrected chi connectivity index (χ3v) is 8.47. The molecule has 0 unspecified atom stereocenters. The summed E-state index contributed by atoms with van der Waals surface area (Å²) in [6.45, 7) is 9.46. The van der Waals surface area contributed by atoms with E-state index >= 15 is 0 Å². The van der Waals surface area contributed by atoms with Crippen LogP contribution in [0.1, 0.15) is 24.5 Å². The van der Waals surface area contributed by atoms with Crippen molar-refractivity contribution >= 4 is 34.0 Å². The highest BCUT2D eigenvalue weighted by Crippen LogP contribution is 2.33. The summed E-state index contributed by atoms with van der Waals surface area (Å²) in [5.41, 5.74) is 5.22. The number of hydrogen-bond donors (Lipinski definition) is 2. The molecule has 0 radical (unpaired) electrons. The quantitative estimate of drug-likeness (QED) is 0.488. The smallest absolute Gasteiger partial charge is 0.321 e. The monoisotopic (exact) mass is 545 g/mol. The summed E-state index contributed by atoms with van der Waals surface area (Å²) in [4.78, 5) is 31.2. The number of rotatable bonds is 6.